The molecule has 128 valence electrons. The number of carbonyl (C=O) groups is 1. The van der Waals surface area contributed by atoms with Crippen LogP contribution in [0.2, 0.25) is 0 Å². The predicted octanol–water partition coefficient (Wildman–Crippen LogP) is 1.55. The van der Waals surface area contributed by atoms with Crippen molar-refractivity contribution in [1.82, 2.24) is 10.2 Å². The van der Waals surface area contributed by atoms with Crippen LogP contribution in [-0.4, -0.2) is 41.1 Å². The van der Waals surface area contributed by atoms with Crippen LogP contribution in [0.1, 0.15) is 36.8 Å². The SMILES string of the molecule is N#Cc1ccc(F)c(CN2CCC([C@H](O)C(=O)NC3CC3)CC2)c1. The van der Waals surface area contributed by atoms with Crippen molar-refractivity contribution >= 4 is 5.91 Å². The summed E-state index contributed by atoms with van der Waals surface area (Å²) in [5, 5.41) is 21.9. The Labute approximate surface area is 141 Å². The van der Waals surface area contributed by atoms with Gasteiger partial charge in [-0.1, -0.05) is 0 Å². The van der Waals surface area contributed by atoms with E-state index in [0.29, 0.717) is 43.6 Å². The van der Waals surface area contributed by atoms with E-state index in [-0.39, 0.29) is 23.7 Å². The molecule has 1 atom stereocenters. The second-order valence-corrected chi connectivity index (χ2v) is 6.76. The van der Waals surface area contributed by atoms with Gasteiger partial charge in [0.2, 0.25) is 5.91 Å². The smallest absolute Gasteiger partial charge is 0.249 e. The number of benzene rings is 1. The zero-order valence-corrected chi connectivity index (χ0v) is 13.5. The van der Waals surface area contributed by atoms with Crippen LogP contribution < -0.4 is 5.32 Å². The number of carbonyl (C=O) groups excluding carboxylic acids is 1. The lowest BCUT2D eigenvalue weighted by Gasteiger charge is -2.33. The van der Waals surface area contributed by atoms with Gasteiger partial charge in [0.1, 0.15) is 11.9 Å². The summed E-state index contributed by atoms with van der Waals surface area (Å²) < 4.78 is 13.9. The normalized spacial score (nSPS) is 20.4. The lowest BCUT2D eigenvalue weighted by molar-refractivity contribution is -0.133. The number of hydrogen-bond donors (Lipinski definition) is 2. The number of hydrogen-bond acceptors (Lipinski definition) is 4. The fourth-order valence-corrected chi connectivity index (χ4v) is 3.16. The van der Waals surface area contributed by atoms with Crippen LogP contribution in [0, 0.1) is 23.1 Å². The summed E-state index contributed by atoms with van der Waals surface area (Å²) >= 11 is 0. The molecule has 1 aliphatic carbocycles. The Morgan fingerprint density at radius 2 is 2.08 bits per heavy atom. The molecule has 0 bridgehead atoms. The van der Waals surface area contributed by atoms with E-state index in [1.54, 1.807) is 6.07 Å². The van der Waals surface area contributed by atoms with Gasteiger partial charge in [0.05, 0.1) is 11.6 Å². The minimum Gasteiger partial charge on any atom is -0.383 e. The van der Waals surface area contributed by atoms with E-state index in [9.17, 15) is 14.3 Å². The summed E-state index contributed by atoms with van der Waals surface area (Å²) in [6, 6.07) is 6.66. The molecule has 1 saturated heterocycles. The van der Waals surface area contributed by atoms with Crippen molar-refractivity contribution in [2.45, 2.75) is 44.4 Å². The fourth-order valence-electron chi connectivity index (χ4n) is 3.16. The highest BCUT2D eigenvalue weighted by Gasteiger charge is 2.33. The third-order valence-electron chi connectivity index (χ3n) is 4.84. The van der Waals surface area contributed by atoms with Crippen molar-refractivity contribution in [3.8, 4) is 6.07 Å². The molecule has 2 fully saturated rings. The standard InChI is InChI=1S/C18H22FN3O2/c19-16-4-1-12(10-20)9-14(16)11-22-7-5-13(6-8-22)17(23)18(24)21-15-2-3-15/h1,4,9,13,15,17,23H,2-3,5-8,11H2,(H,21,24)/t17-/m0/s1. The Balaban J connectivity index is 1.51. The molecule has 1 saturated carbocycles. The van der Waals surface area contributed by atoms with Crippen LogP contribution in [0.15, 0.2) is 18.2 Å². The maximum absolute atomic E-state index is 13.9. The molecule has 1 aromatic rings. The molecule has 0 spiro atoms. The van der Waals surface area contributed by atoms with Crippen molar-refractivity contribution in [2.24, 2.45) is 5.92 Å². The molecule has 1 aliphatic heterocycles. The second kappa shape index (κ2) is 7.29. The molecule has 0 unspecified atom stereocenters. The first-order chi connectivity index (χ1) is 11.6. The van der Waals surface area contributed by atoms with Gasteiger partial charge >= 0.3 is 0 Å². The van der Waals surface area contributed by atoms with Crippen LogP contribution in [0.4, 0.5) is 4.39 Å². The van der Waals surface area contributed by atoms with Crippen molar-refractivity contribution in [2.75, 3.05) is 13.1 Å². The van der Waals surface area contributed by atoms with Gasteiger partial charge in [-0.05, 0) is 62.9 Å². The van der Waals surface area contributed by atoms with E-state index in [0.717, 1.165) is 12.8 Å². The van der Waals surface area contributed by atoms with Gasteiger partial charge in [-0.25, -0.2) is 4.39 Å². The van der Waals surface area contributed by atoms with Crippen LogP contribution in [0.25, 0.3) is 0 Å². The Kier molecular flexibility index (Phi) is 5.12. The summed E-state index contributed by atoms with van der Waals surface area (Å²) in [6.07, 6.45) is 2.47. The monoisotopic (exact) mass is 331 g/mol. The zero-order chi connectivity index (χ0) is 17.1. The number of aliphatic hydroxyl groups is 1. The van der Waals surface area contributed by atoms with Crippen molar-refractivity contribution in [1.29, 1.82) is 5.26 Å². The van der Waals surface area contributed by atoms with Gasteiger partial charge in [-0.15, -0.1) is 0 Å². The zero-order valence-electron chi connectivity index (χ0n) is 13.5. The number of nitrogens with zero attached hydrogens (tertiary/aromatic N) is 2. The quantitative estimate of drug-likeness (QED) is 0.858. The van der Waals surface area contributed by atoms with Gasteiger partial charge in [0, 0.05) is 18.2 Å². The number of nitriles is 1. The number of likely N-dealkylation sites (tertiary alicyclic amines) is 1. The van der Waals surface area contributed by atoms with Crippen LogP contribution in [0.3, 0.4) is 0 Å². The van der Waals surface area contributed by atoms with Crippen LogP contribution >= 0.6 is 0 Å². The highest BCUT2D eigenvalue weighted by molar-refractivity contribution is 5.81. The molecular formula is C18H22FN3O2. The molecule has 1 amide bonds. The third kappa shape index (κ3) is 4.11. The van der Waals surface area contributed by atoms with Crippen LogP contribution in [0.5, 0.6) is 0 Å². The number of rotatable bonds is 5. The maximum Gasteiger partial charge on any atom is 0.249 e. The maximum atomic E-state index is 13.9. The van der Waals surface area contributed by atoms with Gasteiger partial charge < -0.3 is 10.4 Å². The second-order valence-electron chi connectivity index (χ2n) is 6.76. The van der Waals surface area contributed by atoms with Gasteiger partial charge in [0.25, 0.3) is 0 Å². The van der Waals surface area contributed by atoms with Crippen molar-refractivity contribution in [3.63, 3.8) is 0 Å². The highest BCUT2D eigenvalue weighted by atomic mass is 19.1. The molecule has 3 rings (SSSR count). The van der Waals surface area contributed by atoms with Crippen LogP contribution in [-0.2, 0) is 11.3 Å². The summed E-state index contributed by atoms with van der Waals surface area (Å²) in [7, 11) is 0. The number of amides is 1. The van der Waals surface area contributed by atoms with E-state index in [1.807, 2.05) is 6.07 Å². The first kappa shape index (κ1) is 16.9. The molecule has 5 nitrogen and oxygen atoms in total. The predicted molar refractivity (Wildman–Crippen MR) is 86.3 cm³/mol. The minimum absolute atomic E-state index is 0.0460. The third-order valence-corrected chi connectivity index (χ3v) is 4.84. The molecule has 2 N–H and O–H groups in total. The first-order valence-corrected chi connectivity index (χ1v) is 8.46. The topological polar surface area (TPSA) is 76.4 Å². The summed E-state index contributed by atoms with van der Waals surface area (Å²) in [5.41, 5.74) is 0.966. The van der Waals surface area contributed by atoms with E-state index < -0.39 is 6.10 Å². The molecule has 24 heavy (non-hydrogen) atoms. The van der Waals surface area contributed by atoms with E-state index in [4.69, 9.17) is 5.26 Å². The van der Waals surface area contributed by atoms with Gasteiger partial charge in [-0.3, -0.25) is 9.69 Å². The number of aliphatic hydroxyl groups excluding tert-OH is 1. The number of nitrogens with one attached hydrogen (secondary N) is 1. The average Bonchev–Trinajstić information content (AvgIpc) is 3.41. The van der Waals surface area contributed by atoms with Crippen molar-refractivity contribution < 1.29 is 14.3 Å². The molecule has 0 aromatic heterocycles. The molecule has 1 aromatic carbocycles. The minimum atomic E-state index is -0.952. The highest BCUT2D eigenvalue weighted by Crippen LogP contribution is 2.25. The fraction of sp³-hybridized carbons (Fsp3) is 0.556. The molecule has 1 heterocycles. The van der Waals surface area contributed by atoms with E-state index in [2.05, 4.69) is 10.2 Å². The Bertz CT molecular complexity index is 646. The number of piperidine rings is 1. The largest absolute Gasteiger partial charge is 0.383 e. The molecular weight excluding hydrogens is 309 g/mol. The first-order valence-electron chi connectivity index (χ1n) is 8.46. The van der Waals surface area contributed by atoms with E-state index in [1.165, 1.54) is 12.1 Å². The average molecular weight is 331 g/mol. The Morgan fingerprint density at radius 3 is 2.71 bits per heavy atom. The van der Waals surface area contributed by atoms with E-state index >= 15 is 0 Å². The van der Waals surface area contributed by atoms with Crippen molar-refractivity contribution in [3.05, 3.63) is 35.1 Å². The number of halogens is 1. The lowest BCUT2D eigenvalue weighted by Crippen LogP contribution is -2.45. The molecule has 2 aliphatic rings. The molecule has 0 radical (unpaired) electrons. The van der Waals surface area contributed by atoms with Gasteiger partial charge in [0.15, 0.2) is 0 Å². The molecule has 6 heteroatoms. The Hall–Kier alpha value is -1.97. The summed E-state index contributed by atoms with van der Waals surface area (Å²) in [4.78, 5) is 14.0. The lowest BCUT2D eigenvalue weighted by atomic mass is 9.90. The summed E-state index contributed by atoms with van der Waals surface area (Å²) in [6.45, 7) is 1.85. The van der Waals surface area contributed by atoms with Gasteiger partial charge in [-0.2, -0.15) is 5.26 Å². The Morgan fingerprint density at radius 1 is 1.38 bits per heavy atom. The summed E-state index contributed by atoms with van der Waals surface area (Å²) in [5.74, 6) is -0.612.